The van der Waals surface area contributed by atoms with Crippen molar-refractivity contribution >= 4 is 29.3 Å². The normalized spacial score (nSPS) is 10.2. The number of esters is 1. The van der Waals surface area contributed by atoms with Crippen LogP contribution in [0.15, 0.2) is 60.7 Å². The molecule has 8 heteroatoms. The Hall–Kier alpha value is -4.07. The molecule has 30 heavy (non-hydrogen) atoms. The third-order valence-electron chi connectivity index (χ3n) is 4.54. The second kappa shape index (κ2) is 8.95. The molecule has 3 amide bonds. The predicted molar refractivity (Wildman–Crippen MR) is 114 cm³/mol. The number of hydrogen-bond acceptors (Lipinski definition) is 4. The molecule has 0 unspecified atom stereocenters. The highest BCUT2D eigenvalue weighted by molar-refractivity contribution is 6.13. The van der Waals surface area contributed by atoms with Crippen molar-refractivity contribution in [3.63, 3.8) is 0 Å². The van der Waals surface area contributed by atoms with E-state index in [-0.39, 0.29) is 11.1 Å². The summed E-state index contributed by atoms with van der Waals surface area (Å²) in [6, 6.07) is 17.3. The van der Waals surface area contributed by atoms with Crippen molar-refractivity contribution < 1.29 is 19.1 Å². The average Bonchev–Trinajstić information content (AvgIpc) is 2.99. The number of hydrogen-bond donors (Lipinski definition) is 3. The zero-order valence-corrected chi connectivity index (χ0v) is 16.9. The highest BCUT2D eigenvalue weighted by atomic mass is 16.5. The summed E-state index contributed by atoms with van der Waals surface area (Å²) < 4.78 is 6.26. The molecule has 0 spiro atoms. The van der Waals surface area contributed by atoms with Crippen LogP contribution in [-0.4, -0.2) is 29.7 Å². The van der Waals surface area contributed by atoms with E-state index in [2.05, 4.69) is 16.1 Å². The standard InChI is InChI=1S/C22H22N4O4/c1-14-18(20(27)23-16-10-6-4-7-11-16)19(21(28)30-3)15(2)26(14)25-22(29)24-17-12-8-5-9-13-17/h4-13H,1-3H3,(H,23,27)(H2,24,25,29). The molecule has 0 aliphatic heterocycles. The number of aromatic nitrogens is 1. The van der Waals surface area contributed by atoms with Gasteiger partial charge in [0.05, 0.1) is 29.6 Å². The molecule has 0 fully saturated rings. The molecule has 3 rings (SSSR count). The first-order valence-corrected chi connectivity index (χ1v) is 9.22. The summed E-state index contributed by atoms with van der Waals surface area (Å²) in [5, 5.41) is 5.46. The zero-order valence-electron chi connectivity index (χ0n) is 16.9. The topological polar surface area (TPSA) is 101 Å². The van der Waals surface area contributed by atoms with Gasteiger partial charge in [-0.25, -0.2) is 15.0 Å². The third-order valence-corrected chi connectivity index (χ3v) is 4.54. The predicted octanol–water partition coefficient (Wildman–Crippen LogP) is 3.92. The highest BCUT2D eigenvalue weighted by Crippen LogP contribution is 2.24. The summed E-state index contributed by atoms with van der Waals surface area (Å²) in [4.78, 5) is 37.8. The Morgan fingerprint density at radius 3 is 1.80 bits per heavy atom. The third kappa shape index (κ3) is 4.33. The van der Waals surface area contributed by atoms with Crippen LogP contribution in [0.1, 0.15) is 32.1 Å². The monoisotopic (exact) mass is 406 g/mol. The Balaban J connectivity index is 1.93. The lowest BCUT2D eigenvalue weighted by molar-refractivity contribution is 0.0596. The fraction of sp³-hybridized carbons (Fsp3) is 0.136. The highest BCUT2D eigenvalue weighted by Gasteiger charge is 2.29. The fourth-order valence-electron chi connectivity index (χ4n) is 3.13. The molecule has 0 atom stereocenters. The lowest BCUT2D eigenvalue weighted by Gasteiger charge is -2.12. The fourth-order valence-corrected chi connectivity index (χ4v) is 3.13. The van der Waals surface area contributed by atoms with Gasteiger partial charge in [-0.05, 0) is 38.1 Å². The minimum atomic E-state index is -0.669. The second-order valence-corrected chi connectivity index (χ2v) is 6.50. The minimum Gasteiger partial charge on any atom is -0.465 e. The molecular formula is C22H22N4O4. The number of nitrogens with zero attached hydrogens (tertiary/aromatic N) is 1. The molecule has 0 saturated carbocycles. The largest absolute Gasteiger partial charge is 0.465 e. The van der Waals surface area contributed by atoms with Gasteiger partial charge in [-0.1, -0.05) is 36.4 Å². The number of rotatable bonds is 5. The van der Waals surface area contributed by atoms with Gasteiger partial charge in [0.1, 0.15) is 0 Å². The number of urea groups is 1. The molecule has 0 aliphatic carbocycles. The molecule has 0 bridgehead atoms. The van der Waals surface area contributed by atoms with Gasteiger partial charge in [0.2, 0.25) is 0 Å². The van der Waals surface area contributed by atoms with Crippen LogP contribution in [0.5, 0.6) is 0 Å². The van der Waals surface area contributed by atoms with E-state index in [0.29, 0.717) is 22.8 Å². The minimum absolute atomic E-state index is 0.0865. The molecule has 2 aromatic carbocycles. The van der Waals surface area contributed by atoms with E-state index in [1.54, 1.807) is 62.4 Å². The number of carbonyl (C=O) groups excluding carboxylic acids is 3. The Kier molecular flexibility index (Phi) is 6.17. The van der Waals surface area contributed by atoms with E-state index >= 15 is 0 Å². The smallest absolute Gasteiger partial charge is 0.340 e. The van der Waals surface area contributed by atoms with Gasteiger partial charge < -0.3 is 15.4 Å². The molecule has 0 aliphatic rings. The van der Waals surface area contributed by atoms with Crippen LogP contribution in [0.25, 0.3) is 0 Å². The number of anilines is 2. The van der Waals surface area contributed by atoms with Crippen LogP contribution in [-0.2, 0) is 4.74 Å². The van der Waals surface area contributed by atoms with Crippen molar-refractivity contribution in [2.24, 2.45) is 0 Å². The molecular weight excluding hydrogens is 384 g/mol. The Bertz CT molecular complexity index is 1080. The van der Waals surface area contributed by atoms with Gasteiger partial charge >= 0.3 is 12.0 Å². The number of nitrogens with one attached hydrogen (secondary N) is 3. The first kappa shape index (κ1) is 20.7. The average molecular weight is 406 g/mol. The molecule has 8 nitrogen and oxygen atoms in total. The Morgan fingerprint density at radius 2 is 1.27 bits per heavy atom. The summed E-state index contributed by atoms with van der Waals surface area (Å²) in [5.41, 5.74) is 4.83. The summed E-state index contributed by atoms with van der Waals surface area (Å²) in [6.45, 7) is 3.27. The van der Waals surface area contributed by atoms with Gasteiger partial charge in [-0.3, -0.25) is 9.47 Å². The van der Waals surface area contributed by atoms with Gasteiger partial charge in [-0.15, -0.1) is 0 Å². The van der Waals surface area contributed by atoms with Crippen molar-refractivity contribution in [2.75, 3.05) is 23.2 Å². The van der Waals surface area contributed by atoms with Crippen molar-refractivity contribution in [2.45, 2.75) is 13.8 Å². The maximum absolute atomic E-state index is 13.0. The van der Waals surface area contributed by atoms with E-state index in [1.807, 2.05) is 12.1 Å². The maximum atomic E-state index is 13.0. The number of carbonyl (C=O) groups is 3. The van der Waals surface area contributed by atoms with Crippen molar-refractivity contribution in [3.8, 4) is 0 Å². The van der Waals surface area contributed by atoms with Crippen molar-refractivity contribution in [1.82, 2.24) is 4.68 Å². The lowest BCUT2D eigenvalue weighted by Crippen LogP contribution is -2.29. The SMILES string of the molecule is COC(=O)c1c(C(=O)Nc2ccccc2)c(C)n(NC(=O)Nc2ccccc2)c1C. The van der Waals surface area contributed by atoms with E-state index in [1.165, 1.54) is 11.8 Å². The van der Waals surface area contributed by atoms with Crippen LogP contribution in [0, 0.1) is 13.8 Å². The molecule has 154 valence electrons. The summed E-state index contributed by atoms with van der Waals surface area (Å²) in [6.07, 6.45) is 0. The van der Waals surface area contributed by atoms with Gasteiger partial charge in [0, 0.05) is 11.4 Å². The number of amides is 3. The van der Waals surface area contributed by atoms with E-state index in [0.717, 1.165) is 0 Å². The van der Waals surface area contributed by atoms with Crippen LogP contribution >= 0.6 is 0 Å². The maximum Gasteiger partial charge on any atom is 0.340 e. The summed E-state index contributed by atoms with van der Waals surface area (Å²) in [5.74, 6) is -1.15. The van der Waals surface area contributed by atoms with E-state index < -0.39 is 17.9 Å². The van der Waals surface area contributed by atoms with Gasteiger partial charge in [0.15, 0.2) is 0 Å². The Labute approximate surface area is 173 Å². The van der Waals surface area contributed by atoms with E-state index in [9.17, 15) is 14.4 Å². The van der Waals surface area contributed by atoms with Crippen LogP contribution < -0.4 is 16.1 Å². The van der Waals surface area contributed by atoms with Crippen molar-refractivity contribution in [1.29, 1.82) is 0 Å². The van der Waals surface area contributed by atoms with Gasteiger partial charge in [0.25, 0.3) is 5.91 Å². The van der Waals surface area contributed by atoms with Crippen LogP contribution in [0.3, 0.4) is 0 Å². The molecule has 0 radical (unpaired) electrons. The first-order chi connectivity index (χ1) is 14.4. The Morgan fingerprint density at radius 1 is 0.767 bits per heavy atom. The second-order valence-electron chi connectivity index (χ2n) is 6.50. The number of methoxy groups -OCH3 is 1. The quantitative estimate of drug-likeness (QED) is 0.559. The molecule has 3 aromatic rings. The number of para-hydroxylation sites is 2. The molecule has 1 aromatic heterocycles. The molecule has 0 saturated heterocycles. The summed E-state index contributed by atoms with van der Waals surface area (Å²) in [7, 11) is 1.24. The van der Waals surface area contributed by atoms with Crippen LogP contribution in [0.4, 0.5) is 16.2 Å². The molecule has 3 N–H and O–H groups in total. The van der Waals surface area contributed by atoms with Crippen LogP contribution in [0.2, 0.25) is 0 Å². The molecule has 1 heterocycles. The number of ether oxygens (including phenoxy) is 1. The summed E-state index contributed by atoms with van der Waals surface area (Å²) >= 11 is 0. The van der Waals surface area contributed by atoms with Crippen molar-refractivity contribution in [3.05, 3.63) is 83.2 Å². The first-order valence-electron chi connectivity index (χ1n) is 9.22. The number of benzene rings is 2. The lowest BCUT2D eigenvalue weighted by atomic mass is 10.1. The van der Waals surface area contributed by atoms with Gasteiger partial charge in [-0.2, -0.15) is 0 Å². The van der Waals surface area contributed by atoms with E-state index in [4.69, 9.17) is 4.74 Å². The zero-order chi connectivity index (χ0) is 21.7.